The van der Waals surface area contributed by atoms with Crippen LogP contribution in [0.15, 0.2) is 35.7 Å². The van der Waals surface area contributed by atoms with E-state index in [1.54, 1.807) is 17.9 Å². The molecule has 0 amide bonds. The molecule has 1 aromatic carbocycles. The molecule has 0 saturated carbocycles. The van der Waals surface area contributed by atoms with Crippen LogP contribution in [0.5, 0.6) is 0 Å². The first kappa shape index (κ1) is 14.4. The Bertz CT molecular complexity index is 538. The highest BCUT2D eigenvalue weighted by Crippen LogP contribution is 2.39. The molecule has 1 unspecified atom stereocenters. The monoisotopic (exact) mass is 277 g/mol. The Morgan fingerprint density at radius 1 is 1.35 bits per heavy atom. The summed E-state index contributed by atoms with van der Waals surface area (Å²) in [6, 6.07) is 7.29. The zero-order valence-electron chi connectivity index (χ0n) is 11.7. The van der Waals surface area contributed by atoms with Crippen molar-refractivity contribution in [2.45, 2.75) is 26.4 Å². The van der Waals surface area contributed by atoms with E-state index in [1.165, 1.54) is 0 Å². The molecule has 2 N–H and O–H groups in total. The van der Waals surface area contributed by atoms with E-state index in [2.05, 4.69) is 0 Å². The number of fused-ring (bicyclic) bond motifs is 1. The van der Waals surface area contributed by atoms with Crippen molar-refractivity contribution in [2.24, 2.45) is 0 Å². The maximum absolute atomic E-state index is 11.6. The quantitative estimate of drug-likeness (QED) is 0.826. The van der Waals surface area contributed by atoms with Gasteiger partial charge in [-0.25, -0.2) is 0 Å². The summed E-state index contributed by atoms with van der Waals surface area (Å²) in [7, 11) is 0. The summed E-state index contributed by atoms with van der Waals surface area (Å²) < 4.78 is 4.88. The molecule has 1 heterocycles. The van der Waals surface area contributed by atoms with E-state index in [0.717, 1.165) is 5.69 Å². The van der Waals surface area contributed by atoms with Crippen molar-refractivity contribution >= 4 is 11.7 Å². The van der Waals surface area contributed by atoms with Gasteiger partial charge in [0.15, 0.2) is 5.88 Å². The lowest BCUT2D eigenvalue weighted by Crippen LogP contribution is -2.31. The maximum Gasteiger partial charge on any atom is 0.310 e. The van der Waals surface area contributed by atoms with Gasteiger partial charge in [0.25, 0.3) is 0 Å². The van der Waals surface area contributed by atoms with Crippen molar-refractivity contribution in [1.82, 2.24) is 0 Å². The Morgan fingerprint density at radius 3 is 2.70 bits per heavy atom. The lowest BCUT2D eigenvalue weighted by atomic mass is 9.93. The molecule has 1 atom stereocenters. The molecule has 0 spiro atoms. The number of nitrogens with zero attached hydrogens (tertiary/aromatic N) is 1. The molecular weight excluding hydrogens is 258 g/mol. The van der Waals surface area contributed by atoms with Crippen molar-refractivity contribution in [1.29, 1.82) is 0 Å². The first-order valence-electron chi connectivity index (χ1n) is 6.72. The number of anilines is 1. The Balaban J connectivity index is 2.38. The molecule has 0 aromatic heterocycles. The largest absolute Gasteiger partial charge is 0.494 e. The van der Waals surface area contributed by atoms with Gasteiger partial charge in [-0.3, -0.25) is 4.79 Å². The molecule has 1 aliphatic heterocycles. The predicted molar refractivity (Wildman–Crippen MR) is 75.3 cm³/mol. The number of benzene rings is 1. The predicted octanol–water partition coefficient (Wildman–Crippen LogP) is 2.28. The van der Waals surface area contributed by atoms with E-state index in [1.807, 2.05) is 25.1 Å². The van der Waals surface area contributed by atoms with Gasteiger partial charge in [-0.1, -0.05) is 18.2 Å². The van der Waals surface area contributed by atoms with Crippen LogP contribution >= 0.6 is 0 Å². The molecule has 2 rings (SSSR count). The van der Waals surface area contributed by atoms with Crippen LogP contribution in [0.1, 0.15) is 31.9 Å². The van der Waals surface area contributed by atoms with Gasteiger partial charge in [-0.2, -0.15) is 0 Å². The van der Waals surface area contributed by atoms with Gasteiger partial charge in [0.2, 0.25) is 0 Å². The van der Waals surface area contributed by atoms with Gasteiger partial charge in [-0.15, -0.1) is 0 Å². The Morgan fingerprint density at radius 2 is 2.05 bits per heavy atom. The highest BCUT2D eigenvalue weighted by molar-refractivity contribution is 5.75. The second kappa shape index (κ2) is 5.96. The van der Waals surface area contributed by atoms with Crippen LogP contribution in [-0.2, 0) is 9.53 Å². The minimum Gasteiger partial charge on any atom is -0.494 e. The number of aliphatic hydroxyl groups is 2. The van der Waals surface area contributed by atoms with Crippen molar-refractivity contribution in [3.05, 3.63) is 41.3 Å². The molecule has 0 fully saturated rings. The summed E-state index contributed by atoms with van der Waals surface area (Å²) in [5.41, 5.74) is 1.73. The minimum atomic E-state index is -0.988. The Hall–Kier alpha value is -2.01. The van der Waals surface area contributed by atoms with E-state index in [9.17, 15) is 15.0 Å². The van der Waals surface area contributed by atoms with Crippen LogP contribution < -0.4 is 4.90 Å². The molecule has 20 heavy (non-hydrogen) atoms. The van der Waals surface area contributed by atoms with Gasteiger partial charge >= 0.3 is 5.97 Å². The number of carbonyl (C=O) groups is 1. The van der Waals surface area contributed by atoms with E-state index in [-0.39, 0.29) is 24.5 Å². The number of esters is 1. The molecule has 1 aliphatic rings. The van der Waals surface area contributed by atoms with Crippen molar-refractivity contribution in [3.8, 4) is 0 Å². The van der Waals surface area contributed by atoms with Crippen LogP contribution in [-0.4, -0.2) is 29.3 Å². The van der Waals surface area contributed by atoms with Crippen molar-refractivity contribution in [2.75, 3.05) is 18.1 Å². The second-order valence-electron chi connectivity index (χ2n) is 4.54. The fraction of sp³-hybridized carbons (Fsp3) is 0.400. The molecule has 0 saturated heterocycles. The van der Waals surface area contributed by atoms with Crippen molar-refractivity contribution in [3.63, 3.8) is 0 Å². The highest BCUT2D eigenvalue weighted by Gasteiger charge is 2.32. The van der Waals surface area contributed by atoms with Gasteiger partial charge in [0, 0.05) is 23.4 Å². The van der Waals surface area contributed by atoms with Crippen LogP contribution in [0.25, 0.3) is 0 Å². The fourth-order valence-corrected chi connectivity index (χ4v) is 2.43. The zero-order chi connectivity index (χ0) is 14.7. The average molecular weight is 277 g/mol. The summed E-state index contributed by atoms with van der Waals surface area (Å²) in [6.45, 7) is 4.43. The summed E-state index contributed by atoms with van der Waals surface area (Å²) in [5, 5.41) is 20.7. The Kier molecular flexibility index (Phi) is 4.29. The third-order valence-corrected chi connectivity index (χ3v) is 3.35. The van der Waals surface area contributed by atoms with Crippen LogP contribution in [0.4, 0.5) is 5.69 Å². The van der Waals surface area contributed by atoms with Crippen LogP contribution in [0.3, 0.4) is 0 Å². The average Bonchev–Trinajstić information content (AvgIpc) is 2.44. The third-order valence-electron chi connectivity index (χ3n) is 3.35. The summed E-state index contributed by atoms with van der Waals surface area (Å²) >= 11 is 0. The number of hydrogen-bond acceptors (Lipinski definition) is 5. The van der Waals surface area contributed by atoms with E-state index < -0.39 is 12.1 Å². The lowest BCUT2D eigenvalue weighted by Gasteiger charge is -2.33. The number of para-hydroxylation sites is 1. The zero-order valence-corrected chi connectivity index (χ0v) is 11.7. The smallest absolute Gasteiger partial charge is 0.310 e. The van der Waals surface area contributed by atoms with Gasteiger partial charge in [-0.05, 0) is 19.9 Å². The topological polar surface area (TPSA) is 70.0 Å². The number of ether oxygens (including phenoxy) is 1. The summed E-state index contributed by atoms with van der Waals surface area (Å²) in [4.78, 5) is 13.3. The number of carbonyl (C=O) groups excluding carboxylic acids is 1. The van der Waals surface area contributed by atoms with Crippen LogP contribution in [0.2, 0.25) is 0 Å². The molecule has 1 aromatic rings. The van der Waals surface area contributed by atoms with Gasteiger partial charge in [0.05, 0.1) is 13.0 Å². The van der Waals surface area contributed by atoms with Crippen LogP contribution in [0, 0.1) is 0 Å². The first-order chi connectivity index (χ1) is 9.60. The highest BCUT2D eigenvalue weighted by atomic mass is 16.5. The summed E-state index contributed by atoms with van der Waals surface area (Å²) in [5.74, 6) is -0.518. The third kappa shape index (κ3) is 2.49. The number of rotatable bonds is 4. The van der Waals surface area contributed by atoms with Gasteiger partial charge < -0.3 is 19.8 Å². The van der Waals surface area contributed by atoms with Gasteiger partial charge in [0.1, 0.15) is 6.10 Å². The molecule has 0 aliphatic carbocycles. The molecule has 0 bridgehead atoms. The number of hydrogen-bond donors (Lipinski definition) is 2. The SMILES string of the molecule is CCOC(=O)CC1=C(O)N(CC)c2ccccc2C1O. The molecule has 0 radical (unpaired) electrons. The fourth-order valence-electron chi connectivity index (χ4n) is 2.43. The first-order valence-corrected chi connectivity index (χ1v) is 6.72. The minimum absolute atomic E-state index is 0.0632. The second-order valence-corrected chi connectivity index (χ2v) is 4.54. The normalized spacial score (nSPS) is 17.9. The van der Waals surface area contributed by atoms with E-state index in [0.29, 0.717) is 12.1 Å². The number of aliphatic hydroxyl groups excluding tert-OH is 2. The van der Waals surface area contributed by atoms with E-state index in [4.69, 9.17) is 4.74 Å². The standard InChI is InChI=1S/C15H19NO4/c1-3-16-12-8-6-5-7-10(12)14(18)11(15(16)19)9-13(17)20-4-2/h5-8,14,18-19H,3-4,9H2,1-2H3. The Labute approximate surface area is 118 Å². The molecule has 5 nitrogen and oxygen atoms in total. The molecular formula is C15H19NO4. The summed E-state index contributed by atoms with van der Waals surface area (Å²) in [6.07, 6.45) is -1.11. The molecule has 5 heteroatoms. The maximum atomic E-state index is 11.6. The van der Waals surface area contributed by atoms with E-state index >= 15 is 0 Å². The molecule has 108 valence electrons. The lowest BCUT2D eigenvalue weighted by molar-refractivity contribution is -0.142. The van der Waals surface area contributed by atoms with Crippen molar-refractivity contribution < 1.29 is 19.7 Å².